The number of thiophene rings is 1. The number of rotatable bonds is 4. The maximum atomic E-state index is 11.1. The smallest absolute Gasteiger partial charge is 0.240 e. The minimum atomic E-state index is -0.00575. The number of nitrogens with zero attached hydrogens (tertiary/aromatic N) is 3. The second-order valence-electron chi connectivity index (χ2n) is 4.46. The topological polar surface area (TPSA) is 59.3 Å². The van der Waals surface area contributed by atoms with Crippen LogP contribution in [0.1, 0.15) is 22.6 Å². The number of hydrogen-bond donors (Lipinski definition) is 1. The van der Waals surface area contributed by atoms with Gasteiger partial charge in [0, 0.05) is 42.7 Å². The van der Waals surface area contributed by atoms with E-state index >= 15 is 0 Å². The highest BCUT2D eigenvalue weighted by molar-refractivity contribution is 7.14. The van der Waals surface area contributed by atoms with Gasteiger partial charge < -0.3 is 4.57 Å². The molecule has 0 saturated carbocycles. The van der Waals surface area contributed by atoms with Gasteiger partial charge in [0.25, 0.3) is 0 Å². The molecule has 6 heteroatoms. The molecule has 3 rings (SSSR count). The highest BCUT2D eigenvalue weighted by Crippen LogP contribution is 2.21. The van der Waals surface area contributed by atoms with Crippen LogP contribution in [0.2, 0.25) is 0 Å². The van der Waals surface area contributed by atoms with Crippen molar-refractivity contribution in [2.75, 3.05) is 0 Å². The van der Waals surface area contributed by atoms with Gasteiger partial charge in [-0.25, -0.2) is 10.4 Å². The molecule has 102 valence electrons. The zero-order valence-corrected chi connectivity index (χ0v) is 11.6. The number of carbonyl (C=O) groups excluding carboxylic acids is 1. The molecule has 0 fully saturated rings. The van der Waals surface area contributed by atoms with Gasteiger partial charge in [0.15, 0.2) is 0 Å². The predicted molar refractivity (Wildman–Crippen MR) is 79.5 cm³/mol. The molecule has 0 saturated heterocycles. The van der Waals surface area contributed by atoms with E-state index < -0.39 is 0 Å². The maximum absolute atomic E-state index is 11.1. The van der Waals surface area contributed by atoms with Crippen LogP contribution >= 0.6 is 11.3 Å². The summed E-state index contributed by atoms with van der Waals surface area (Å²) in [6.07, 6.45) is 11.6. The summed E-state index contributed by atoms with van der Waals surface area (Å²) in [5.74, 6) is -0.00575. The van der Waals surface area contributed by atoms with Crippen molar-refractivity contribution < 1.29 is 4.79 Å². The summed E-state index contributed by atoms with van der Waals surface area (Å²) in [5.41, 5.74) is 3.50. The molecule has 3 heterocycles. The molecule has 0 bridgehead atoms. The van der Waals surface area contributed by atoms with Gasteiger partial charge in [-0.05, 0) is 12.1 Å². The van der Waals surface area contributed by atoms with Crippen molar-refractivity contribution in [1.82, 2.24) is 15.0 Å². The Morgan fingerprint density at radius 1 is 1.40 bits per heavy atom. The Balaban J connectivity index is 1.64. The Morgan fingerprint density at radius 2 is 2.35 bits per heavy atom. The Labute approximate surface area is 120 Å². The lowest BCUT2D eigenvalue weighted by Crippen LogP contribution is -2.25. The summed E-state index contributed by atoms with van der Waals surface area (Å²) in [7, 11) is 0. The third-order valence-electron chi connectivity index (χ3n) is 2.97. The molecule has 2 aromatic rings. The lowest BCUT2D eigenvalue weighted by atomic mass is 10.1. The summed E-state index contributed by atoms with van der Waals surface area (Å²) in [5, 5.41) is 4.11. The van der Waals surface area contributed by atoms with Crippen molar-refractivity contribution in [3.8, 4) is 0 Å². The van der Waals surface area contributed by atoms with Crippen LogP contribution in [-0.2, 0) is 11.2 Å². The zero-order valence-electron chi connectivity index (χ0n) is 10.8. The molecule has 0 aromatic carbocycles. The van der Waals surface area contributed by atoms with E-state index in [1.54, 1.807) is 23.9 Å². The molecule has 1 aliphatic heterocycles. The van der Waals surface area contributed by atoms with Gasteiger partial charge in [0.1, 0.15) is 0 Å². The van der Waals surface area contributed by atoms with Gasteiger partial charge in [-0.1, -0.05) is 6.08 Å². The molecule has 0 aliphatic carbocycles. The molecule has 0 spiro atoms. The number of hydrazone groups is 1. The quantitative estimate of drug-likeness (QED) is 0.937. The van der Waals surface area contributed by atoms with Crippen LogP contribution in [0.5, 0.6) is 0 Å². The summed E-state index contributed by atoms with van der Waals surface area (Å²) in [6, 6.07) is 4.18. The molecule has 1 aliphatic rings. The van der Waals surface area contributed by atoms with Crippen LogP contribution in [0.15, 0.2) is 42.0 Å². The largest absolute Gasteiger partial charge is 0.313 e. The molecular formula is C14H14N4OS. The van der Waals surface area contributed by atoms with Gasteiger partial charge in [-0.3, -0.25) is 4.79 Å². The van der Waals surface area contributed by atoms with E-state index in [0.29, 0.717) is 6.42 Å². The van der Waals surface area contributed by atoms with Crippen LogP contribution in [0.3, 0.4) is 0 Å². The number of allylic oxidation sites excluding steroid dienone is 1. The Bertz CT molecular complexity index is 655. The monoisotopic (exact) mass is 286 g/mol. The molecular weight excluding hydrogens is 272 g/mol. The number of carbonyl (C=O) groups is 1. The Hall–Kier alpha value is -2.21. The molecule has 0 unspecified atom stereocenters. The summed E-state index contributed by atoms with van der Waals surface area (Å²) in [4.78, 5) is 17.5. The highest BCUT2D eigenvalue weighted by atomic mass is 32.1. The first-order valence-electron chi connectivity index (χ1n) is 6.40. The van der Waals surface area contributed by atoms with Crippen molar-refractivity contribution in [1.29, 1.82) is 0 Å². The van der Waals surface area contributed by atoms with E-state index in [-0.39, 0.29) is 5.91 Å². The molecule has 1 N–H and O–H groups in total. The maximum Gasteiger partial charge on any atom is 0.240 e. The van der Waals surface area contributed by atoms with Crippen molar-refractivity contribution in [3.63, 3.8) is 0 Å². The minimum Gasteiger partial charge on any atom is -0.313 e. The van der Waals surface area contributed by atoms with E-state index in [1.807, 2.05) is 17.0 Å². The first kappa shape index (κ1) is 12.8. The molecule has 0 atom stereocenters. The summed E-state index contributed by atoms with van der Waals surface area (Å²) >= 11 is 1.72. The first-order valence-corrected chi connectivity index (χ1v) is 7.21. The van der Waals surface area contributed by atoms with Crippen molar-refractivity contribution >= 4 is 29.2 Å². The number of hydrogen-bond acceptors (Lipinski definition) is 4. The van der Waals surface area contributed by atoms with Crippen LogP contribution in [-0.4, -0.2) is 21.2 Å². The van der Waals surface area contributed by atoms with E-state index in [4.69, 9.17) is 0 Å². The van der Waals surface area contributed by atoms with Gasteiger partial charge in [-0.15, -0.1) is 11.3 Å². The number of amides is 1. The number of nitrogens with one attached hydrogen (secondary N) is 1. The van der Waals surface area contributed by atoms with Crippen LogP contribution in [0, 0.1) is 0 Å². The average Bonchev–Trinajstić information content (AvgIpc) is 3.11. The third-order valence-corrected chi connectivity index (χ3v) is 4.13. The van der Waals surface area contributed by atoms with Gasteiger partial charge in [0.2, 0.25) is 5.91 Å². The lowest BCUT2D eigenvalue weighted by Gasteiger charge is -2.09. The van der Waals surface area contributed by atoms with Crippen molar-refractivity contribution in [3.05, 3.63) is 46.7 Å². The lowest BCUT2D eigenvalue weighted by molar-refractivity contribution is -0.121. The van der Waals surface area contributed by atoms with Gasteiger partial charge in [-0.2, -0.15) is 5.10 Å². The molecule has 20 heavy (non-hydrogen) atoms. The molecule has 2 aromatic heterocycles. The minimum absolute atomic E-state index is 0.00575. The number of imidazole rings is 1. The van der Waals surface area contributed by atoms with E-state index in [1.165, 1.54) is 4.88 Å². The van der Waals surface area contributed by atoms with Crippen LogP contribution < -0.4 is 5.43 Å². The molecule has 5 nitrogen and oxygen atoms in total. The van der Waals surface area contributed by atoms with E-state index in [2.05, 4.69) is 33.7 Å². The zero-order chi connectivity index (χ0) is 13.8. The average molecular weight is 286 g/mol. The van der Waals surface area contributed by atoms with E-state index in [0.717, 1.165) is 23.4 Å². The standard InChI is InChI=1S/C14H14N4OS/c19-14-6-4-12(16-17-14)13-5-3-11(20-13)2-1-8-18-9-7-15-10-18/h1,3,5,7-10H,2,4,6H2,(H,17,19). The van der Waals surface area contributed by atoms with Crippen molar-refractivity contribution in [2.45, 2.75) is 19.3 Å². The van der Waals surface area contributed by atoms with Crippen molar-refractivity contribution in [2.24, 2.45) is 5.10 Å². The second-order valence-corrected chi connectivity index (χ2v) is 5.63. The normalized spacial score (nSPS) is 15.4. The molecule has 0 radical (unpaired) electrons. The fraction of sp³-hybridized carbons (Fsp3) is 0.214. The number of aromatic nitrogens is 2. The third kappa shape index (κ3) is 3.03. The highest BCUT2D eigenvalue weighted by Gasteiger charge is 2.14. The van der Waals surface area contributed by atoms with Crippen LogP contribution in [0.4, 0.5) is 0 Å². The van der Waals surface area contributed by atoms with Gasteiger partial charge in [0.05, 0.1) is 16.9 Å². The van der Waals surface area contributed by atoms with Crippen LogP contribution in [0.25, 0.3) is 6.20 Å². The summed E-state index contributed by atoms with van der Waals surface area (Å²) in [6.45, 7) is 0. The van der Waals surface area contributed by atoms with Gasteiger partial charge >= 0.3 is 0 Å². The fourth-order valence-electron chi connectivity index (χ4n) is 1.94. The van der Waals surface area contributed by atoms with E-state index in [9.17, 15) is 4.79 Å². The molecule has 1 amide bonds. The predicted octanol–water partition coefficient (Wildman–Crippen LogP) is 2.27. The SMILES string of the molecule is O=C1CCC(c2ccc(CC=Cn3ccnc3)s2)=NN1. The fourth-order valence-corrected chi connectivity index (χ4v) is 2.94. The first-order chi connectivity index (χ1) is 9.81. The second kappa shape index (κ2) is 5.83. The summed E-state index contributed by atoms with van der Waals surface area (Å²) < 4.78 is 1.91. The Kier molecular flexibility index (Phi) is 3.73. The Morgan fingerprint density at radius 3 is 3.10 bits per heavy atom.